The van der Waals surface area contributed by atoms with Crippen molar-refractivity contribution in [2.75, 3.05) is 0 Å². The van der Waals surface area contributed by atoms with E-state index >= 15 is 0 Å². The molecule has 0 saturated carbocycles. The Labute approximate surface area is 116 Å². The van der Waals surface area contributed by atoms with Gasteiger partial charge in [-0.2, -0.15) is 0 Å². The van der Waals surface area contributed by atoms with Gasteiger partial charge in [0, 0.05) is 0 Å². The summed E-state index contributed by atoms with van der Waals surface area (Å²) in [6.45, 7) is 0. The fraction of sp³-hybridized carbons (Fsp3) is 0.0667. The molecule has 0 bridgehead atoms. The molecule has 3 heteroatoms. The van der Waals surface area contributed by atoms with E-state index in [1.807, 2.05) is 54.6 Å². The molecule has 0 atom stereocenters. The Kier molecular flexibility index (Phi) is 4.53. The molecule has 0 unspecified atom stereocenters. The first-order chi connectivity index (χ1) is 8.81. The number of Topliss-reactive ketones (excluding diaryl/α,β-unsaturated/α-hetero) is 1. The number of hydrogen-bond donors (Lipinski definition) is 0. The number of carbonyl (C=O) groups is 1. The van der Waals surface area contributed by atoms with Crippen LogP contribution in [-0.4, -0.2) is 26.7 Å². The number of hydrogen-bond acceptors (Lipinski definition) is 2. The van der Waals surface area contributed by atoms with Gasteiger partial charge in [-0.1, -0.05) is 0 Å². The first kappa shape index (κ1) is 12.8. The summed E-state index contributed by atoms with van der Waals surface area (Å²) in [6.07, 6.45) is 0. The van der Waals surface area contributed by atoms with Gasteiger partial charge in [0.05, 0.1) is 0 Å². The van der Waals surface area contributed by atoms with Crippen molar-refractivity contribution in [1.29, 1.82) is 5.26 Å². The maximum absolute atomic E-state index is 11.7. The number of nitriles is 1. The van der Waals surface area contributed by atoms with E-state index in [0.717, 1.165) is 11.1 Å². The molecule has 2 aromatic carbocycles. The first-order valence-corrected chi connectivity index (χ1v) is 8.32. The van der Waals surface area contributed by atoms with E-state index in [0.29, 0.717) is 10.0 Å². The Morgan fingerprint density at radius 1 is 1.00 bits per heavy atom. The second kappa shape index (κ2) is 6.36. The number of benzene rings is 2. The molecule has 0 spiro atoms. The molecule has 0 fully saturated rings. The van der Waals surface area contributed by atoms with Crippen LogP contribution in [0.25, 0.3) is 11.1 Å². The van der Waals surface area contributed by atoms with E-state index < -0.39 is 20.9 Å². The minimum absolute atomic E-state index is 0.0820. The van der Waals surface area contributed by atoms with Crippen LogP contribution in [0.5, 0.6) is 0 Å². The Balaban J connectivity index is 2.16. The van der Waals surface area contributed by atoms with Crippen LogP contribution in [0.4, 0.5) is 0 Å². The third-order valence-electron chi connectivity index (χ3n) is 2.58. The van der Waals surface area contributed by atoms with Crippen molar-refractivity contribution in [3.8, 4) is 15.2 Å². The first-order valence-electron chi connectivity index (χ1n) is 5.51. The van der Waals surface area contributed by atoms with Crippen LogP contribution in [0.1, 0.15) is 10.4 Å². The summed E-state index contributed by atoms with van der Waals surface area (Å²) in [5.74, 6) is 0.0820. The molecule has 0 aliphatic carbocycles. The molecule has 0 saturated heterocycles. The van der Waals surface area contributed by atoms with Gasteiger partial charge in [-0.3, -0.25) is 0 Å². The molecule has 0 N–H and O–H groups in total. The molecular formula is C15H11NOTe. The maximum atomic E-state index is 11.7. The molecule has 88 valence electrons. The van der Waals surface area contributed by atoms with Crippen LogP contribution in [0.3, 0.4) is 0 Å². The molecule has 2 rings (SSSR count). The van der Waals surface area contributed by atoms with Gasteiger partial charge in [0.25, 0.3) is 0 Å². The van der Waals surface area contributed by atoms with E-state index in [4.69, 9.17) is 5.26 Å². The van der Waals surface area contributed by atoms with Gasteiger partial charge in [-0.05, 0) is 0 Å². The van der Waals surface area contributed by atoms with E-state index in [2.05, 4.69) is 4.12 Å². The third kappa shape index (κ3) is 3.20. The Morgan fingerprint density at radius 2 is 1.61 bits per heavy atom. The second-order valence-corrected chi connectivity index (χ2v) is 5.92. The normalized spacial score (nSPS) is 9.72. The van der Waals surface area contributed by atoms with E-state index in [-0.39, 0.29) is 5.78 Å². The molecule has 2 nitrogen and oxygen atoms in total. The predicted molar refractivity (Wildman–Crippen MR) is 72.4 cm³/mol. The zero-order valence-electron chi connectivity index (χ0n) is 9.67. The summed E-state index contributed by atoms with van der Waals surface area (Å²) in [5.41, 5.74) is 2.95. The van der Waals surface area contributed by atoms with Gasteiger partial charge in [-0.25, -0.2) is 0 Å². The Bertz CT molecular complexity index is 570. The van der Waals surface area contributed by atoms with Crippen molar-refractivity contribution >= 4 is 26.7 Å². The number of carbonyl (C=O) groups excluding carboxylic acids is 1. The summed E-state index contributed by atoms with van der Waals surface area (Å²) in [4.78, 5) is 11.7. The number of ketones is 1. The zero-order valence-corrected chi connectivity index (χ0v) is 12.0. The Morgan fingerprint density at radius 3 is 2.22 bits per heavy atom. The average Bonchev–Trinajstić information content (AvgIpc) is 2.46. The van der Waals surface area contributed by atoms with Crippen LogP contribution >= 0.6 is 0 Å². The van der Waals surface area contributed by atoms with Gasteiger partial charge >= 0.3 is 117 Å². The average molecular weight is 349 g/mol. The number of rotatable bonds is 4. The monoisotopic (exact) mass is 351 g/mol. The van der Waals surface area contributed by atoms with E-state index in [1.54, 1.807) is 0 Å². The summed E-state index contributed by atoms with van der Waals surface area (Å²) < 4.78 is 2.54. The molecule has 0 heterocycles. The quantitative estimate of drug-likeness (QED) is 0.629. The fourth-order valence-electron chi connectivity index (χ4n) is 1.66. The minimum atomic E-state index is -0.800. The van der Waals surface area contributed by atoms with Crippen molar-refractivity contribution < 1.29 is 4.79 Å². The van der Waals surface area contributed by atoms with Gasteiger partial charge < -0.3 is 0 Å². The van der Waals surface area contributed by atoms with Crippen LogP contribution in [0.15, 0.2) is 54.6 Å². The Hall–Kier alpha value is -1.61. The van der Waals surface area contributed by atoms with Crippen molar-refractivity contribution in [3.63, 3.8) is 0 Å². The molecule has 0 radical (unpaired) electrons. The molecule has 0 aromatic heterocycles. The molecule has 0 aliphatic heterocycles. The van der Waals surface area contributed by atoms with Crippen molar-refractivity contribution in [1.82, 2.24) is 0 Å². The van der Waals surface area contributed by atoms with Gasteiger partial charge in [0.1, 0.15) is 0 Å². The van der Waals surface area contributed by atoms with Crippen LogP contribution in [-0.2, 0) is 0 Å². The van der Waals surface area contributed by atoms with Crippen LogP contribution in [0.2, 0.25) is 4.47 Å². The van der Waals surface area contributed by atoms with Crippen LogP contribution < -0.4 is 0 Å². The van der Waals surface area contributed by atoms with Crippen molar-refractivity contribution in [2.45, 2.75) is 4.47 Å². The SMILES string of the molecule is N#C[Te]CC(=O)c1ccc(-c2ccccc2)cc1. The van der Waals surface area contributed by atoms with E-state index in [9.17, 15) is 4.79 Å². The molecule has 2 aromatic rings. The molecule has 18 heavy (non-hydrogen) atoms. The molecule has 0 amide bonds. The van der Waals surface area contributed by atoms with Crippen molar-refractivity contribution in [2.24, 2.45) is 0 Å². The summed E-state index contributed by atoms with van der Waals surface area (Å²) in [6, 6.07) is 17.6. The second-order valence-electron chi connectivity index (χ2n) is 3.75. The van der Waals surface area contributed by atoms with E-state index in [1.165, 1.54) is 0 Å². The van der Waals surface area contributed by atoms with Gasteiger partial charge in [0.2, 0.25) is 0 Å². The molecule has 0 aliphatic rings. The zero-order chi connectivity index (χ0) is 12.8. The van der Waals surface area contributed by atoms with Crippen LogP contribution in [0, 0.1) is 9.38 Å². The predicted octanol–water partition coefficient (Wildman–Crippen LogP) is 3.14. The summed E-state index contributed by atoms with van der Waals surface area (Å²) in [5, 5.41) is 8.51. The fourth-order valence-corrected chi connectivity index (χ4v) is 2.69. The topological polar surface area (TPSA) is 40.9 Å². The molecular weight excluding hydrogens is 338 g/mol. The van der Waals surface area contributed by atoms with Gasteiger partial charge in [-0.15, -0.1) is 0 Å². The summed E-state index contributed by atoms with van der Waals surface area (Å²) >= 11 is -0.800. The van der Waals surface area contributed by atoms with Gasteiger partial charge in [0.15, 0.2) is 0 Å². The number of nitrogens with zero attached hydrogens (tertiary/aromatic N) is 1. The standard InChI is InChI=1S/C15H11NOTe/c16-11-18-10-15(17)14-8-6-13(7-9-14)12-4-2-1-3-5-12/h1-9H,10H2. The summed E-state index contributed by atoms with van der Waals surface area (Å²) in [7, 11) is 0. The third-order valence-corrected chi connectivity index (χ3v) is 4.11. The van der Waals surface area contributed by atoms with Crippen molar-refractivity contribution in [3.05, 3.63) is 60.2 Å².